The summed E-state index contributed by atoms with van der Waals surface area (Å²) in [7, 11) is 0. The molecule has 0 spiro atoms. The van der Waals surface area contributed by atoms with Crippen LogP contribution in [0.1, 0.15) is 10.4 Å². The molecule has 5 N–H and O–H groups in total. The lowest BCUT2D eigenvalue weighted by molar-refractivity contribution is -0.178. The number of ether oxygens (including phenoxy) is 1. The Morgan fingerprint density at radius 3 is 2.76 bits per heavy atom. The Morgan fingerprint density at radius 1 is 1.43 bits per heavy atom. The molecule has 0 amide bonds. The first-order valence-electron chi connectivity index (χ1n) is 6.03. The molecule has 1 saturated heterocycles. The molecular formula is C11H15N3O6S. The van der Waals surface area contributed by atoms with Gasteiger partial charge in [-0.05, 0) is 6.26 Å². The highest BCUT2D eigenvalue weighted by atomic mass is 32.2. The minimum Gasteiger partial charge on any atom is -0.388 e. The monoisotopic (exact) mass is 317 g/mol. The van der Waals surface area contributed by atoms with Crippen LogP contribution in [0.5, 0.6) is 0 Å². The van der Waals surface area contributed by atoms with Gasteiger partial charge in [0.2, 0.25) is 0 Å². The number of H-pyrrole nitrogens is 1. The number of rotatable bonds is 4. The van der Waals surface area contributed by atoms with Crippen LogP contribution in [0.2, 0.25) is 0 Å². The SMILES string of the molecule is CSc1nc(N[C@@H]2OC[C@@H](O)[C@H](O)[C@H]2O)c(C=O)c(=O)[nH]1. The molecule has 1 fully saturated rings. The second-order valence-corrected chi connectivity index (χ2v) is 5.20. The number of nitrogens with zero attached hydrogens (tertiary/aromatic N) is 1. The van der Waals surface area contributed by atoms with E-state index < -0.39 is 30.1 Å². The molecular weight excluding hydrogens is 302 g/mol. The second-order valence-electron chi connectivity index (χ2n) is 4.40. The molecule has 1 aliphatic heterocycles. The molecule has 0 unspecified atom stereocenters. The van der Waals surface area contributed by atoms with Gasteiger partial charge in [-0.2, -0.15) is 0 Å². The van der Waals surface area contributed by atoms with Crippen molar-refractivity contribution in [2.24, 2.45) is 0 Å². The topological polar surface area (TPSA) is 145 Å². The predicted molar refractivity (Wildman–Crippen MR) is 73.4 cm³/mol. The van der Waals surface area contributed by atoms with Crippen molar-refractivity contribution in [2.45, 2.75) is 29.7 Å². The van der Waals surface area contributed by atoms with E-state index in [9.17, 15) is 24.9 Å². The van der Waals surface area contributed by atoms with Gasteiger partial charge in [0.05, 0.1) is 6.61 Å². The predicted octanol–water partition coefficient (Wildman–Crippen LogP) is -1.84. The molecule has 2 rings (SSSR count). The fraction of sp³-hybridized carbons (Fsp3) is 0.545. The number of aromatic nitrogens is 2. The van der Waals surface area contributed by atoms with Gasteiger partial charge in [-0.3, -0.25) is 9.59 Å². The summed E-state index contributed by atoms with van der Waals surface area (Å²) in [5.74, 6) is -0.0641. The van der Waals surface area contributed by atoms with E-state index in [-0.39, 0.29) is 23.1 Å². The zero-order valence-corrected chi connectivity index (χ0v) is 11.8. The van der Waals surface area contributed by atoms with Gasteiger partial charge < -0.3 is 30.4 Å². The number of aromatic amines is 1. The van der Waals surface area contributed by atoms with Crippen LogP contribution in [0.3, 0.4) is 0 Å². The van der Waals surface area contributed by atoms with E-state index in [2.05, 4.69) is 15.3 Å². The fourth-order valence-electron chi connectivity index (χ4n) is 1.85. The van der Waals surface area contributed by atoms with Crippen LogP contribution in [0.15, 0.2) is 9.95 Å². The zero-order chi connectivity index (χ0) is 15.6. The Morgan fingerprint density at radius 2 is 2.14 bits per heavy atom. The van der Waals surface area contributed by atoms with Crippen LogP contribution in [0.25, 0.3) is 0 Å². The highest BCUT2D eigenvalue weighted by Gasteiger charge is 2.38. The molecule has 21 heavy (non-hydrogen) atoms. The first-order chi connectivity index (χ1) is 9.97. The van der Waals surface area contributed by atoms with E-state index in [1.54, 1.807) is 6.26 Å². The van der Waals surface area contributed by atoms with Crippen molar-refractivity contribution in [3.8, 4) is 0 Å². The quantitative estimate of drug-likeness (QED) is 0.245. The lowest BCUT2D eigenvalue weighted by Crippen LogP contribution is -2.55. The van der Waals surface area contributed by atoms with Crippen LogP contribution in [0.4, 0.5) is 5.82 Å². The Bertz CT molecular complexity index is 580. The van der Waals surface area contributed by atoms with Gasteiger partial charge in [0, 0.05) is 0 Å². The van der Waals surface area contributed by atoms with Crippen molar-refractivity contribution < 1.29 is 24.9 Å². The van der Waals surface area contributed by atoms with Crippen LogP contribution < -0.4 is 10.9 Å². The molecule has 0 radical (unpaired) electrons. The Kier molecular flexibility index (Phi) is 4.96. The maximum Gasteiger partial charge on any atom is 0.264 e. The molecule has 0 bridgehead atoms. The van der Waals surface area contributed by atoms with E-state index in [1.165, 1.54) is 0 Å². The summed E-state index contributed by atoms with van der Waals surface area (Å²) in [6, 6.07) is 0. The lowest BCUT2D eigenvalue weighted by atomic mass is 10.0. The molecule has 1 aromatic heterocycles. The molecule has 0 saturated carbocycles. The van der Waals surface area contributed by atoms with E-state index in [4.69, 9.17) is 4.74 Å². The molecule has 9 nitrogen and oxygen atoms in total. The largest absolute Gasteiger partial charge is 0.388 e. The smallest absolute Gasteiger partial charge is 0.264 e. The van der Waals surface area contributed by atoms with E-state index in [1.807, 2.05) is 0 Å². The van der Waals surface area contributed by atoms with E-state index in [0.29, 0.717) is 6.29 Å². The molecule has 2 heterocycles. The highest BCUT2D eigenvalue weighted by molar-refractivity contribution is 7.98. The Balaban J connectivity index is 2.28. The number of aliphatic hydroxyl groups is 3. The van der Waals surface area contributed by atoms with Crippen molar-refractivity contribution in [1.82, 2.24) is 9.97 Å². The number of nitrogens with one attached hydrogen (secondary N) is 2. The summed E-state index contributed by atoms with van der Waals surface area (Å²) < 4.78 is 5.14. The Hall–Kier alpha value is -1.46. The number of hydrogen-bond acceptors (Lipinski definition) is 9. The molecule has 116 valence electrons. The minimum atomic E-state index is -1.44. The van der Waals surface area contributed by atoms with E-state index in [0.717, 1.165) is 11.8 Å². The normalized spacial score (nSPS) is 29.1. The third-order valence-corrected chi connectivity index (χ3v) is 3.60. The molecule has 10 heteroatoms. The van der Waals surface area contributed by atoms with Gasteiger partial charge >= 0.3 is 0 Å². The third kappa shape index (κ3) is 3.24. The summed E-state index contributed by atoms with van der Waals surface area (Å²) in [4.78, 5) is 29.1. The fourth-order valence-corrected chi connectivity index (χ4v) is 2.22. The van der Waals surface area contributed by atoms with Gasteiger partial charge in [0.15, 0.2) is 17.7 Å². The third-order valence-electron chi connectivity index (χ3n) is 3.02. The lowest BCUT2D eigenvalue weighted by Gasteiger charge is -2.35. The van der Waals surface area contributed by atoms with Gasteiger partial charge in [0.1, 0.15) is 29.7 Å². The maximum atomic E-state index is 11.7. The maximum absolute atomic E-state index is 11.7. The first kappa shape index (κ1) is 15.9. The van der Waals surface area contributed by atoms with Gasteiger partial charge in [-0.25, -0.2) is 4.98 Å². The van der Waals surface area contributed by atoms with Crippen LogP contribution in [-0.4, -0.2) is 69.0 Å². The van der Waals surface area contributed by atoms with Gasteiger partial charge in [-0.1, -0.05) is 11.8 Å². The summed E-state index contributed by atoms with van der Waals surface area (Å²) in [6.07, 6.45) is -3.14. The van der Waals surface area contributed by atoms with Gasteiger partial charge in [-0.15, -0.1) is 0 Å². The van der Waals surface area contributed by atoms with Crippen LogP contribution >= 0.6 is 11.8 Å². The summed E-state index contributed by atoms with van der Waals surface area (Å²) in [5, 5.41) is 31.7. The molecule has 0 aliphatic carbocycles. The second kappa shape index (κ2) is 6.54. The number of carbonyl (C=O) groups excluding carboxylic acids is 1. The molecule has 1 aromatic rings. The number of anilines is 1. The summed E-state index contributed by atoms with van der Waals surface area (Å²) in [5.41, 5.74) is -0.873. The number of carbonyl (C=O) groups is 1. The number of thioether (sulfide) groups is 1. The van der Waals surface area contributed by atoms with Crippen molar-refractivity contribution in [3.05, 3.63) is 15.9 Å². The van der Waals surface area contributed by atoms with Crippen LogP contribution in [-0.2, 0) is 4.74 Å². The van der Waals surface area contributed by atoms with Crippen molar-refractivity contribution in [3.63, 3.8) is 0 Å². The molecule has 1 aliphatic rings. The van der Waals surface area contributed by atoms with Crippen molar-refractivity contribution in [1.29, 1.82) is 0 Å². The molecule has 0 aromatic carbocycles. The van der Waals surface area contributed by atoms with E-state index >= 15 is 0 Å². The molecule has 4 atom stereocenters. The number of aldehydes is 1. The Labute approximate surface area is 123 Å². The average molecular weight is 317 g/mol. The van der Waals surface area contributed by atoms with Crippen molar-refractivity contribution in [2.75, 3.05) is 18.2 Å². The summed E-state index contributed by atoms with van der Waals surface area (Å²) in [6.45, 7) is -0.203. The number of aliphatic hydroxyl groups excluding tert-OH is 3. The minimum absolute atomic E-state index is 0.0641. The van der Waals surface area contributed by atoms with Crippen molar-refractivity contribution >= 4 is 23.9 Å². The zero-order valence-electron chi connectivity index (χ0n) is 11.0. The average Bonchev–Trinajstić information content (AvgIpc) is 2.47. The van der Waals surface area contributed by atoms with Gasteiger partial charge in [0.25, 0.3) is 5.56 Å². The first-order valence-corrected chi connectivity index (χ1v) is 7.26. The highest BCUT2D eigenvalue weighted by Crippen LogP contribution is 2.19. The van der Waals surface area contributed by atoms with Crippen LogP contribution in [0, 0.1) is 0 Å². The summed E-state index contributed by atoms with van der Waals surface area (Å²) >= 11 is 1.16. The standard InChI is InChI=1S/C11H15N3O6S/c1-21-11-13-8(4(2-15)9(19)14-11)12-10-7(18)6(17)5(16)3-20-10/h2,5-7,10,16-18H,3H2,1H3,(H2,12,13,14,19)/t5-,6+,7-,10-/m1/s1. The number of hydrogen-bond donors (Lipinski definition) is 5.